The zero-order valence-electron chi connectivity index (χ0n) is 12.6. The molecule has 2 aliphatic rings. The third-order valence-electron chi connectivity index (χ3n) is 4.70. The van der Waals surface area contributed by atoms with Crippen molar-refractivity contribution >= 4 is 0 Å². The van der Waals surface area contributed by atoms with Crippen LogP contribution in [0.4, 0.5) is 0 Å². The molecule has 5 nitrogen and oxygen atoms in total. The van der Waals surface area contributed by atoms with E-state index in [1.54, 1.807) is 0 Å². The Hall–Kier alpha value is -0.940. The molecule has 1 aromatic heterocycles. The summed E-state index contributed by atoms with van der Waals surface area (Å²) in [5, 5.41) is 15.9. The number of fused-ring (bicyclic) bond motifs is 1. The van der Waals surface area contributed by atoms with Crippen LogP contribution in [0.15, 0.2) is 0 Å². The average Bonchev–Trinajstić information content (AvgIpc) is 2.75. The smallest absolute Gasteiger partial charge is 0.149 e. The predicted molar refractivity (Wildman–Crippen MR) is 79.6 cm³/mol. The summed E-state index contributed by atoms with van der Waals surface area (Å²) in [6, 6.07) is 0.309. The van der Waals surface area contributed by atoms with E-state index in [9.17, 15) is 0 Å². The summed E-state index contributed by atoms with van der Waals surface area (Å²) >= 11 is 0. The molecule has 0 amide bonds. The molecule has 2 N–H and O–H groups in total. The number of piperidine rings is 1. The number of aromatic nitrogens is 3. The van der Waals surface area contributed by atoms with E-state index < -0.39 is 0 Å². The number of aryl methyl sites for hydroxylation is 1. The normalized spacial score (nSPS) is 22.2. The van der Waals surface area contributed by atoms with Crippen LogP contribution < -0.4 is 10.6 Å². The van der Waals surface area contributed by atoms with Crippen molar-refractivity contribution in [1.82, 2.24) is 25.4 Å². The van der Waals surface area contributed by atoms with Crippen LogP contribution in [0.2, 0.25) is 0 Å². The van der Waals surface area contributed by atoms with Gasteiger partial charge in [0.15, 0.2) is 0 Å². The van der Waals surface area contributed by atoms with E-state index in [-0.39, 0.29) is 0 Å². The van der Waals surface area contributed by atoms with Crippen molar-refractivity contribution in [2.24, 2.45) is 5.92 Å². The third kappa shape index (κ3) is 3.20. The Morgan fingerprint density at radius 2 is 2.10 bits per heavy atom. The molecule has 1 aromatic rings. The maximum Gasteiger partial charge on any atom is 0.149 e. The van der Waals surface area contributed by atoms with E-state index in [4.69, 9.17) is 0 Å². The fraction of sp³-hybridized carbons (Fsp3) is 0.867. The van der Waals surface area contributed by atoms with E-state index in [1.165, 1.54) is 51.0 Å². The van der Waals surface area contributed by atoms with Gasteiger partial charge in [-0.3, -0.25) is 0 Å². The molecule has 1 saturated heterocycles. The highest BCUT2D eigenvalue weighted by molar-refractivity contribution is 5.02. The molecule has 1 fully saturated rings. The summed E-state index contributed by atoms with van der Waals surface area (Å²) in [7, 11) is 0. The number of nitrogens with zero attached hydrogens (tertiary/aromatic N) is 3. The molecular formula is C15H27N5. The number of rotatable bonds is 4. The van der Waals surface area contributed by atoms with Crippen LogP contribution >= 0.6 is 0 Å². The van der Waals surface area contributed by atoms with Crippen molar-refractivity contribution in [2.45, 2.75) is 58.0 Å². The number of nitrogens with one attached hydrogen (secondary N) is 2. The molecule has 2 aliphatic heterocycles. The summed E-state index contributed by atoms with van der Waals surface area (Å²) < 4.78 is 2.35. The summed E-state index contributed by atoms with van der Waals surface area (Å²) in [5.41, 5.74) is 0. The lowest BCUT2D eigenvalue weighted by Crippen LogP contribution is -2.35. The SMILES string of the molecule is CC(NCC1CCNCC1)c1nnc2n1CCCCC2. The van der Waals surface area contributed by atoms with Gasteiger partial charge in [-0.1, -0.05) is 6.42 Å². The maximum atomic E-state index is 4.44. The molecule has 0 aliphatic carbocycles. The lowest BCUT2D eigenvalue weighted by Gasteiger charge is -2.24. The second-order valence-electron chi connectivity index (χ2n) is 6.26. The van der Waals surface area contributed by atoms with Crippen LogP contribution in [0, 0.1) is 5.92 Å². The summed E-state index contributed by atoms with van der Waals surface area (Å²) in [6.45, 7) is 6.76. The Bertz CT molecular complexity index is 422. The fourth-order valence-electron chi connectivity index (χ4n) is 3.35. The molecule has 20 heavy (non-hydrogen) atoms. The van der Waals surface area contributed by atoms with Gasteiger partial charge < -0.3 is 15.2 Å². The van der Waals surface area contributed by atoms with Crippen LogP contribution in [-0.4, -0.2) is 34.4 Å². The summed E-state index contributed by atoms with van der Waals surface area (Å²) in [4.78, 5) is 0. The Labute approximate surface area is 121 Å². The average molecular weight is 277 g/mol. The van der Waals surface area contributed by atoms with Crippen molar-refractivity contribution in [2.75, 3.05) is 19.6 Å². The predicted octanol–water partition coefficient (Wildman–Crippen LogP) is 1.65. The van der Waals surface area contributed by atoms with Crippen molar-refractivity contribution < 1.29 is 0 Å². The van der Waals surface area contributed by atoms with Crippen LogP contribution in [-0.2, 0) is 13.0 Å². The Kier molecular flexibility index (Phi) is 4.68. The Balaban J connectivity index is 1.59. The largest absolute Gasteiger partial charge is 0.317 e. The molecule has 0 aromatic carbocycles. The molecule has 112 valence electrons. The van der Waals surface area contributed by atoms with E-state index in [2.05, 4.69) is 32.3 Å². The molecule has 0 radical (unpaired) electrons. The topological polar surface area (TPSA) is 54.8 Å². The molecule has 3 rings (SSSR count). The van der Waals surface area contributed by atoms with Gasteiger partial charge >= 0.3 is 0 Å². The highest BCUT2D eigenvalue weighted by Gasteiger charge is 2.20. The fourth-order valence-corrected chi connectivity index (χ4v) is 3.35. The van der Waals surface area contributed by atoms with Crippen molar-refractivity contribution in [3.8, 4) is 0 Å². The van der Waals surface area contributed by atoms with E-state index >= 15 is 0 Å². The van der Waals surface area contributed by atoms with Gasteiger partial charge in [-0.2, -0.15) is 0 Å². The Morgan fingerprint density at radius 3 is 2.95 bits per heavy atom. The van der Waals surface area contributed by atoms with Gasteiger partial charge in [0.2, 0.25) is 0 Å². The Morgan fingerprint density at radius 1 is 1.25 bits per heavy atom. The zero-order valence-corrected chi connectivity index (χ0v) is 12.6. The van der Waals surface area contributed by atoms with Gasteiger partial charge in [-0.05, 0) is 58.2 Å². The van der Waals surface area contributed by atoms with Crippen molar-refractivity contribution in [3.05, 3.63) is 11.6 Å². The molecule has 0 spiro atoms. The van der Waals surface area contributed by atoms with Crippen LogP contribution in [0.3, 0.4) is 0 Å². The first-order valence-corrected chi connectivity index (χ1v) is 8.20. The van der Waals surface area contributed by atoms with Gasteiger partial charge in [-0.15, -0.1) is 10.2 Å². The molecule has 3 heterocycles. The van der Waals surface area contributed by atoms with Gasteiger partial charge in [-0.25, -0.2) is 0 Å². The standard InChI is InChI=1S/C15H27N5/c1-12(17-11-13-6-8-16-9-7-13)15-19-18-14-5-3-2-4-10-20(14)15/h12-13,16-17H,2-11H2,1H3. The minimum atomic E-state index is 0.309. The first-order chi connectivity index (χ1) is 9.84. The van der Waals surface area contributed by atoms with Crippen LogP contribution in [0.25, 0.3) is 0 Å². The third-order valence-corrected chi connectivity index (χ3v) is 4.70. The quantitative estimate of drug-likeness (QED) is 0.879. The maximum absolute atomic E-state index is 4.44. The van der Waals surface area contributed by atoms with Crippen LogP contribution in [0.5, 0.6) is 0 Å². The van der Waals surface area contributed by atoms with Gasteiger partial charge in [0.1, 0.15) is 11.6 Å². The molecule has 0 saturated carbocycles. The molecule has 5 heteroatoms. The lowest BCUT2D eigenvalue weighted by atomic mass is 9.98. The minimum Gasteiger partial charge on any atom is -0.317 e. The molecule has 1 unspecified atom stereocenters. The second kappa shape index (κ2) is 6.68. The van der Waals surface area contributed by atoms with Gasteiger partial charge in [0.25, 0.3) is 0 Å². The number of hydrogen-bond donors (Lipinski definition) is 2. The lowest BCUT2D eigenvalue weighted by molar-refractivity contribution is 0.340. The first-order valence-electron chi connectivity index (χ1n) is 8.20. The minimum absolute atomic E-state index is 0.309. The van der Waals surface area contributed by atoms with Gasteiger partial charge in [0, 0.05) is 13.0 Å². The first kappa shape index (κ1) is 14.0. The molecule has 1 atom stereocenters. The van der Waals surface area contributed by atoms with Crippen LogP contribution in [0.1, 0.15) is 56.7 Å². The highest BCUT2D eigenvalue weighted by atomic mass is 15.3. The van der Waals surface area contributed by atoms with E-state index in [0.29, 0.717) is 6.04 Å². The molecular weight excluding hydrogens is 250 g/mol. The van der Waals surface area contributed by atoms with Crippen molar-refractivity contribution in [3.63, 3.8) is 0 Å². The van der Waals surface area contributed by atoms with E-state index in [1.807, 2.05) is 0 Å². The van der Waals surface area contributed by atoms with Crippen molar-refractivity contribution in [1.29, 1.82) is 0 Å². The second-order valence-corrected chi connectivity index (χ2v) is 6.26. The monoisotopic (exact) mass is 277 g/mol. The molecule has 0 bridgehead atoms. The summed E-state index contributed by atoms with van der Waals surface area (Å²) in [6.07, 6.45) is 7.51. The highest BCUT2D eigenvalue weighted by Crippen LogP contribution is 2.19. The number of hydrogen-bond acceptors (Lipinski definition) is 4. The van der Waals surface area contributed by atoms with E-state index in [0.717, 1.165) is 31.3 Å². The van der Waals surface area contributed by atoms with Gasteiger partial charge in [0.05, 0.1) is 6.04 Å². The summed E-state index contributed by atoms with van der Waals surface area (Å²) in [5.74, 6) is 3.13. The zero-order chi connectivity index (χ0) is 13.8.